The molecule has 2 aliphatic heterocycles. The summed E-state index contributed by atoms with van der Waals surface area (Å²) < 4.78 is 13.4. The Bertz CT molecular complexity index is 710. The first kappa shape index (κ1) is 18.6. The molecule has 1 unspecified atom stereocenters. The van der Waals surface area contributed by atoms with Gasteiger partial charge in [-0.05, 0) is 67.2 Å². The monoisotopic (exact) mass is 367 g/mol. The topological polar surface area (TPSA) is 23.5 Å². The molecule has 2 saturated heterocycles. The van der Waals surface area contributed by atoms with Gasteiger partial charge in [-0.2, -0.15) is 0 Å². The van der Waals surface area contributed by atoms with Gasteiger partial charge in [-0.15, -0.1) is 0 Å². The molecule has 27 heavy (non-hydrogen) atoms. The molecule has 2 heterocycles. The Morgan fingerprint density at radius 2 is 1.48 bits per heavy atom. The molecule has 0 aromatic heterocycles. The highest BCUT2D eigenvalue weighted by molar-refractivity contribution is 5.27. The average molecular weight is 368 g/mol. The molecule has 2 aromatic carbocycles. The van der Waals surface area contributed by atoms with Gasteiger partial charge in [0.05, 0.1) is 5.60 Å². The second kappa shape index (κ2) is 8.12. The van der Waals surface area contributed by atoms with E-state index in [9.17, 15) is 9.50 Å². The molecule has 3 aliphatic rings. The standard InChI is InChI=1S/C24H30FNO/c25-23-12-10-22(11-13-23)24(27,16-19-4-2-1-3-5-19)14-15-26-17-20-6-7-21(18-26)9-8-20/h1-5,10-13,20-21,27H,6-9,14-18H2. The highest BCUT2D eigenvalue weighted by Crippen LogP contribution is 2.35. The molecule has 1 aliphatic carbocycles. The third-order valence-corrected chi connectivity index (χ3v) is 6.56. The number of nitrogens with zero attached hydrogens (tertiary/aromatic N) is 1. The smallest absolute Gasteiger partial charge is 0.123 e. The van der Waals surface area contributed by atoms with E-state index in [-0.39, 0.29) is 5.82 Å². The third kappa shape index (κ3) is 4.59. The minimum absolute atomic E-state index is 0.259. The lowest BCUT2D eigenvalue weighted by atomic mass is 9.84. The summed E-state index contributed by atoms with van der Waals surface area (Å²) in [6.45, 7) is 3.23. The van der Waals surface area contributed by atoms with Crippen molar-refractivity contribution in [1.29, 1.82) is 0 Å². The van der Waals surface area contributed by atoms with E-state index >= 15 is 0 Å². The number of halogens is 1. The van der Waals surface area contributed by atoms with Crippen molar-refractivity contribution in [3.63, 3.8) is 0 Å². The third-order valence-electron chi connectivity index (χ3n) is 6.56. The molecular formula is C24H30FNO. The molecule has 2 nitrogen and oxygen atoms in total. The van der Waals surface area contributed by atoms with Crippen molar-refractivity contribution in [2.45, 2.75) is 44.1 Å². The number of hydrogen-bond donors (Lipinski definition) is 1. The molecule has 5 rings (SSSR count). The number of hydrogen-bond acceptors (Lipinski definition) is 2. The van der Waals surface area contributed by atoms with Gasteiger partial charge in [0.1, 0.15) is 5.82 Å². The van der Waals surface area contributed by atoms with Crippen LogP contribution in [-0.2, 0) is 12.0 Å². The van der Waals surface area contributed by atoms with E-state index in [4.69, 9.17) is 0 Å². The van der Waals surface area contributed by atoms with Crippen LogP contribution in [0.1, 0.15) is 43.2 Å². The van der Waals surface area contributed by atoms with Gasteiger partial charge in [-0.25, -0.2) is 4.39 Å². The largest absolute Gasteiger partial charge is 0.385 e. The lowest BCUT2D eigenvalue weighted by molar-refractivity contribution is 0.0162. The van der Waals surface area contributed by atoms with Gasteiger partial charge in [0.15, 0.2) is 0 Å². The molecule has 0 radical (unpaired) electrons. The second-order valence-corrected chi connectivity index (χ2v) is 8.60. The summed E-state index contributed by atoms with van der Waals surface area (Å²) in [5.74, 6) is 1.40. The van der Waals surface area contributed by atoms with E-state index in [2.05, 4.69) is 17.0 Å². The minimum atomic E-state index is -0.972. The summed E-state index contributed by atoms with van der Waals surface area (Å²) in [4.78, 5) is 2.56. The van der Waals surface area contributed by atoms with Crippen LogP contribution >= 0.6 is 0 Å². The van der Waals surface area contributed by atoms with Crippen LogP contribution in [-0.4, -0.2) is 29.6 Å². The molecule has 1 atom stereocenters. The maximum Gasteiger partial charge on any atom is 0.123 e. The van der Waals surface area contributed by atoms with Gasteiger partial charge < -0.3 is 10.0 Å². The van der Waals surface area contributed by atoms with E-state index < -0.39 is 5.60 Å². The van der Waals surface area contributed by atoms with Gasteiger partial charge >= 0.3 is 0 Å². The fraction of sp³-hybridized carbons (Fsp3) is 0.500. The maximum atomic E-state index is 13.4. The zero-order valence-electron chi connectivity index (χ0n) is 16.0. The Hall–Kier alpha value is -1.71. The first-order valence-corrected chi connectivity index (χ1v) is 10.4. The Balaban J connectivity index is 1.51. The van der Waals surface area contributed by atoms with Crippen LogP contribution in [0.5, 0.6) is 0 Å². The molecule has 2 bridgehead atoms. The van der Waals surface area contributed by atoms with Gasteiger partial charge in [0.25, 0.3) is 0 Å². The maximum absolute atomic E-state index is 13.4. The second-order valence-electron chi connectivity index (χ2n) is 8.60. The van der Waals surface area contributed by atoms with Crippen molar-refractivity contribution in [3.8, 4) is 0 Å². The molecule has 144 valence electrons. The first-order valence-electron chi connectivity index (χ1n) is 10.4. The van der Waals surface area contributed by atoms with Gasteiger partial charge in [-0.3, -0.25) is 0 Å². The average Bonchev–Trinajstić information content (AvgIpc) is 3.01. The van der Waals surface area contributed by atoms with Gasteiger partial charge in [0, 0.05) is 26.1 Å². The summed E-state index contributed by atoms with van der Waals surface area (Å²) in [7, 11) is 0. The van der Waals surface area contributed by atoms with E-state index in [1.807, 2.05) is 18.2 Å². The molecule has 2 aromatic rings. The van der Waals surface area contributed by atoms with E-state index in [1.165, 1.54) is 50.9 Å². The summed E-state index contributed by atoms with van der Waals surface area (Å²) >= 11 is 0. The minimum Gasteiger partial charge on any atom is -0.385 e. The Kier molecular flexibility index (Phi) is 5.60. The van der Waals surface area contributed by atoms with Gasteiger partial charge in [-0.1, -0.05) is 42.5 Å². The normalized spacial score (nSPS) is 25.1. The molecule has 3 fully saturated rings. The quantitative estimate of drug-likeness (QED) is 0.795. The summed E-state index contributed by atoms with van der Waals surface area (Å²) in [6, 6.07) is 16.5. The predicted molar refractivity (Wildman–Crippen MR) is 107 cm³/mol. The Morgan fingerprint density at radius 3 is 2.07 bits per heavy atom. The van der Waals surface area contributed by atoms with Gasteiger partial charge in [0.2, 0.25) is 0 Å². The van der Waals surface area contributed by atoms with E-state index in [0.29, 0.717) is 12.8 Å². The van der Waals surface area contributed by atoms with Crippen LogP contribution in [0.3, 0.4) is 0 Å². The highest BCUT2D eigenvalue weighted by Gasteiger charge is 2.33. The predicted octanol–water partition coefficient (Wildman–Crippen LogP) is 4.77. The lowest BCUT2D eigenvalue weighted by Crippen LogP contribution is -2.37. The Labute approximate surface area is 162 Å². The fourth-order valence-corrected chi connectivity index (χ4v) is 4.96. The van der Waals surface area contributed by atoms with Crippen molar-refractivity contribution < 1.29 is 9.50 Å². The van der Waals surface area contributed by atoms with Crippen LogP contribution in [0.25, 0.3) is 0 Å². The van der Waals surface area contributed by atoms with Crippen LogP contribution < -0.4 is 0 Å². The summed E-state index contributed by atoms with van der Waals surface area (Å²) in [6.07, 6.45) is 6.70. The molecule has 0 spiro atoms. The number of aliphatic hydroxyl groups is 1. The van der Waals surface area contributed by atoms with E-state index in [1.54, 1.807) is 12.1 Å². The molecular weight excluding hydrogens is 337 g/mol. The fourth-order valence-electron chi connectivity index (χ4n) is 4.96. The van der Waals surface area contributed by atoms with Crippen LogP contribution in [0, 0.1) is 17.7 Å². The number of fused-ring (bicyclic) bond motifs is 4. The van der Waals surface area contributed by atoms with Crippen LogP contribution in [0.15, 0.2) is 54.6 Å². The molecule has 3 heteroatoms. The summed E-state index contributed by atoms with van der Waals surface area (Å²) in [5.41, 5.74) is 0.950. The Morgan fingerprint density at radius 1 is 0.889 bits per heavy atom. The SMILES string of the molecule is OC(CCN1CC2CCC(CC2)C1)(Cc1ccccc1)c1ccc(F)cc1. The van der Waals surface area contributed by atoms with Crippen LogP contribution in [0.2, 0.25) is 0 Å². The number of benzene rings is 2. The molecule has 1 N–H and O–H groups in total. The number of rotatable bonds is 6. The zero-order valence-corrected chi connectivity index (χ0v) is 16.0. The van der Waals surface area contributed by atoms with E-state index in [0.717, 1.165) is 29.5 Å². The van der Waals surface area contributed by atoms with Crippen molar-refractivity contribution in [2.24, 2.45) is 11.8 Å². The molecule has 1 saturated carbocycles. The van der Waals surface area contributed by atoms with Crippen molar-refractivity contribution in [2.75, 3.05) is 19.6 Å². The first-order chi connectivity index (χ1) is 13.1. The highest BCUT2D eigenvalue weighted by atomic mass is 19.1. The zero-order chi connectivity index (χ0) is 18.7. The lowest BCUT2D eigenvalue weighted by Gasteiger charge is -2.32. The van der Waals surface area contributed by atoms with Crippen LogP contribution in [0.4, 0.5) is 4.39 Å². The summed E-state index contributed by atoms with van der Waals surface area (Å²) in [5, 5.41) is 11.6. The molecule has 0 amide bonds. The van der Waals surface area contributed by atoms with Crippen molar-refractivity contribution in [1.82, 2.24) is 4.90 Å². The van der Waals surface area contributed by atoms with Crippen molar-refractivity contribution in [3.05, 3.63) is 71.5 Å². The van der Waals surface area contributed by atoms with Crippen molar-refractivity contribution >= 4 is 0 Å².